The molecule has 0 fully saturated rings. The Morgan fingerprint density at radius 1 is 1.29 bits per heavy atom. The Morgan fingerprint density at radius 3 is 2.53 bits per heavy atom. The largest absolute Gasteiger partial charge is 0.353 e. The molecule has 0 aliphatic heterocycles. The molecule has 0 unspecified atom stereocenters. The van der Waals surface area contributed by atoms with Gasteiger partial charge in [0.05, 0.1) is 4.34 Å². The van der Waals surface area contributed by atoms with Crippen LogP contribution in [0.15, 0.2) is 12.1 Å². The van der Waals surface area contributed by atoms with Crippen molar-refractivity contribution < 1.29 is 9.47 Å². The lowest BCUT2D eigenvalue weighted by Crippen LogP contribution is -2.24. The highest BCUT2D eigenvalue weighted by Gasteiger charge is 2.06. The summed E-state index contributed by atoms with van der Waals surface area (Å²) in [6, 6.07) is 3.97. The molecule has 0 spiro atoms. The molecule has 1 aromatic rings. The summed E-state index contributed by atoms with van der Waals surface area (Å²) in [6.07, 6.45) is 0.769. The average molecular weight is 278 g/mol. The van der Waals surface area contributed by atoms with Crippen molar-refractivity contribution in [3.63, 3.8) is 0 Å². The highest BCUT2D eigenvalue weighted by molar-refractivity contribution is 7.16. The Kier molecular flexibility index (Phi) is 7.81. The minimum atomic E-state index is -0.0931. The zero-order chi connectivity index (χ0) is 12.5. The van der Waals surface area contributed by atoms with Crippen molar-refractivity contribution in [2.45, 2.75) is 33.1 Å². The molecule has 1 heterocycles. The summed E-state index contributed by atoms with van der Waals surface area (Å²) in [4.78, 5) is 1.25. The van der Waals surface area contributed by atoms with Gasteiger partial charge >= 0.3 is 0 Å². The first kappa shape index (κ1) is 14.9. The molecular weight excluding hydrogens is 258 g/mol. The van der Waals surface area contributed by atoms with Crippen LogP contribution in [0.3, 0.4) is 0 Å². The molecule has 0 aliphatic rings. The van der Waals surface area contributed by atoms with E-state index in [0.29, 0.717) is 13.2 Å². The lowest BCUT2D eigenvalue weighted by molar-refractivity contribution is -0.138. The number of thiophene rings is 1. The molecule has 1 aromatic heterocycles. The molecule has 0 saturated heterocycles. The molecule has 3 nitrogen and oxygen atoms in total. The third-order valence-electron chi connectivity index (χ3n) is 2.19. The van der Waals surface area contributed by atoms with E-state index in [1.807, 2.05) is 26.0 Å². The SMILES string of the molecule is CCOC(CCNCc1ccc(Cl)s1)OCC. The molecular formula is C12H20ClNO2S. The lowest BCUT2D eigenvalue weighted by Gasteiger charge is -2.16. The molecule has 1 rings (SSSR count). The van der Waals surface area contributed by atoms with Crippen LogP contribution >= 0.6 is 22.9 Å². The smallest absolute Gasteiger partial charge is 0.158 e. The van der Waals surface area contributed by atoms with Crippen molar-refractivity contribution in [2.24, 2.45) is 0 Å². The van der Waals surface area contributed by atoms with Gasteiger partial charge in [-0.15, -0.1) is 11.3 Å². The molecule has 0 radical (unpaired) electrons. The normalized spacial score (nSPS) is 11.3. The van der Waals surface area contributed by atoms with Gasteiger partial charge < -0.3 is 14.8 Å². The summed E-state index contributed by atoms with van der Waals surface area (Å²) in [7, 11) is 0. The standard InChI is InChI=1S/C12H20ClNO2S/c1-3-15-12(16-4-2)7-8-14-9-10-5-6-11(13)17-10/h5-6,12,14H,3-4,7-9H2,1-2H3. The molecule has 0 bridgehead atoms. The summed E-state index contributed by atoms with van der Waals surface area (Å²) in [5.41, 5.74) is 0. The second kappa shape index (κ2) is 8.89. The molecule has 17 heavy (non-hydrogen) atoms. The molecule has 0 atom stereocenters. The Balaban J connectivity index is 2.13. The highest BCUT2D eigenvalue weighted by Crippen LogP contribution is 2.20. The molecule has 0 amide bonds. The van der Waals surface area contributed by atoms with Crippen LogP contribution in [0.25, 0.3) is 0 Å². The van der Waals surface area contributed by atoms with Crippen molar-refractivity contribution >= 4 is 22.9 Å². The second-order valence-corrected chi connectivity index (χ2v) is 5.31. The van der Waals surface area contributed by atoms with E-state index in [1.165, 1.54) is 4.88 Å². The molecule has 0 aliphatic carbocycles. The monoisotopic (exact) mass is 277 g/mol. The summed E-state index contributed by atoms with van der Waals surface area (Å²) in [5.74, 6) is 0. The van der Waals surface area contributed by atoms with Gasteiger partial charge in [0.2, 0.25) is 0 Å². The van der Waals surface area contributed by atoms with Crippen molar-refractivity contribution in [1.29, 1.82) is 0 Å². The predicted molar refractivity (Wildman–Crippen MR) is 72.7 cm³/mol. The van der Waals surface area contributed by atoms with Gasteiger partial charge in [-0.1, -0.05) is 11.6 Å². The quantitative estimate of drug-likeness (QED) is 0.555. The molecule has 1 N–H and O–H groups in total. The summed E-state index contributed by atoms with van der Waals surface area (Å²) >= 11 is 7.46. The minimum Gasteiger partial charge on any atom is -0.353 e. The van der Waals surface area contributed by atoms with Gasteiger partial charge in [-0.05, 0) is 26.0 Å². The molecule has 98 valence electrons. The molecule has 0 aromatic carbocycles. The van der Waals surface area contributed by atoms with Crippen LogP contribution in [0, 0.1) is 0 Å². The predicted octanol–water partition coefficient (Wildman–Crippen LogP) is 3.28. The van der Waals surface area contributed by atoms with Gasteiger partial charge in [-0.25, -0.2) is 0 Å². The fraction of sp³-hybridized carbons (Fsp3) is 0.667. The van der Waals surface area contributed by atoms with Crippen LogP contribution in [0.5, 0.6) is 0 Å². The Hall–Kier alpha value is -0.130. The van der Waals surface area contributed by atoms with Crippen molar-refractivity contribution in [3.8, 4) is 0 Å². The summed E-state index contributed by atoms with van der Waals surface area (Å²) in [5, 5.41) is 3.35. The molecule has 5 heteroatoms. The zero-order valence-electron chi connectivity index (χ0n) is 10.4. The van der Waals surface area contributed by atoms with Gasteiger partial charge in [-0.3, -0.25) is 0 Å². The second-order valence-electron chi connectivity index (χ2n) is 3.51. The summed E-state index contributed by atoms with van der Waals surface area (Å²) in [6.45, 7) is 7.05. The zero-order valence-corrected chi connectivity index (χ0v) is 11.9. The number of hydrogen-bond acceptors (Lipinski definition) is 4. The van der Waals surface area contributed by atoms with Crippen LogP contribution in [-0.4, -0.2) is 26.0 Å². The maximum absolute atomic E-state index is 5.86. The maximum Gasteiger partial charge on any atom is 0.158 e. The van der Waals surface area contributed by atoms with E-state index in [4.69, 9.17) is 21.1 Å². The van der Waals surface area contributed by atoms with E-state index in [0.717, 1.165) is 23.8 Å². The van der Waals surface area contributed by atoms with Gasteiger partial charge in [-0.2, -0.15) is 0 Å². The number of nitrogens with one attached hydrogen (secondary N) is 1. The fourth-order valence-corrected chi connectivity index (χ4v) is 2.52. The first-order valence-corrected chi connectivity index (χ1v) is 7.13. The Labute approximate surface area is 112 Å². The van der Waals surface area contributed by atoms with Crippen molar-refractivity contribution in [2.75, 3.05) is 19.8 Å². The van der Waals surface area contributed by atoms with Crippen LogP contribution < -0.4 is 5.32 Å². The number of hydrogen-bond donors (Lipinski definition) is 1. The number of halogens is 1. The Morgan fingerprint density at radius 2 is 2.00 bits per heavy atom. The van der Waals surface area contributed by atoms with Gasteiger partial charge in [0.15, 0.2) is 6.29 Å². The van der Waals surface area contributed by atoms with Crippen LogP contribution in [0.1, 0.15) is 25.1 Å². The van der Waals surface area contributed by atoms with E-state index in [1.54, 1.807) is 11.3 Å². The summed E-state index contributed by atoms with van der Waals surface area (Å²) < 4.78 is 11.8. The fourth-order valence-electron chi connectivity index (χ4n) is 1.46. The minimum absolute atomic E-state index is 0.0931. The van der Waals surface area contributed by atoms with Crippen LogP contribution in [0.2, 0.25) is 4.34 Å². The first-order valence-electron chi connectivity index (χ1n) is 5.94. The van der Waals surface area contributed by atoms with E-state index in [-0.39, 0.29) is 6.29 Å². The topological polar surface area (TPSA) is 30.5 Å². The Bertz CT molecular complexity index is 300. The third kappa shape index (κ3) is 6.38. The lowest BCUT2D eigenvalue weighted by atomic mass is 10.4. The first-order chi connectivity index (χ1) is 8.26. The van der Waals surface area contributed by atoms with Crippen molar-refractivity contribution in [1.82, 2.24) is 5.32 Å². The van der Waals surface area contributed by atoms with Gasteiger partial charge in [0, 0.05) is 37.6 Å². The van der Waals surface area contributed by atoms with E-state index < -0.39 is 0 Å². The number of rotatable bonds is 9. The van der Waals surface area contributed by atoms with E-state index in [9.17, 15) is 0 Å². The maximum atomic E-state index is 5.86. The number of ether oxygens (including phenoxy) is 2. The van der Waals surface area contributed by atoms with Crippen LogP contribution in [0.4, 0.5) is 0 Å². The van der Waals surface area contributed by atoms with Gasteiger partial charge in [0.25, 0.3) is 0 Å². The van der Waals surface area contributed by atoms with E-state index in [2.05, 4.69) is 5.32 Å². The average Bonchev–Trinajstić information content (AvgIpc) is 2.71. The van der Waals surface area contributed by atoms with Crippen molar-refractivity contribution in [3.05, 3.63) is 21.3 Å². The highest BCUT2D eigenvalue weighted by atomic mass is 35.5. The molecule has 0 saturated carbocycles. The van der Waals surface area contributed by atoms with Crippen LogP contribution in [-0.2, 0) is 16.0 Å². The van der Waals surface area contributed by atoms with E-state index >= 15 is 0 Å². The third-order valence-corrected chi connectivity index (χ3v) is 3.42. The van der Waals surface area contributed by atoms with Gasteiger partial charge in [0.1, 0.15) is 0 Å².